The number of carbonyl (C=O) groups is 1. The first kappa shape index (κ1) is 17.6. The molecule has 1 aromatic carbocycles. The number of sulfonamides is 1. The second kappa shape index (κ2) is 8.11. The van der Waals surface area contributed by atoms with Gasteiger partial charge in [-0.1, -0.05) is 12.1 Å². The number of methoxy groups -OCH3 is 1. The van der Waals surface area contributed by atoms with E-state index in [1.54, 1.807) is 19.2 Å². The summed E-state index contributed by atoms with van der Waals surface area (Å²) in [5.41, 5.74) is 0.916. The van der Waals surface area contributed by atoms with E-state index in [1.807, 2.05) is 6.92 Å². The fourth-order valence-corrected chi connectivity index (χ4v) is 2.58. The number of ether oxygens (including phenoxy) is 1. The van der Waals surface area contributed by atoms with E-state index in [0.717, 1.165) is 5.56 Å². The average molecular weight is 314 g/mol. The van der Waals surface area contributed by atoms with Crippen LogP contribution in [-0.2, 0) is 26.0 Å². The maximum absolute atomic E-state index is 11.7. The molecule has 0 saturated heterocycles. The lowest BCUT2D eigenvalue weighted by atomic mass is 10.1. The van der Waals surface area contributed by atoms with Crippen LogP contribution >= 0.6 is 0 Å². The molecule has 1 atom stereocenters. The van der Waals surface area contributed by atoms with E-state index in [0.29, 0.717) is 19.4 Å². The Balaban J connectivity index is 2.52. The van der Waals surface area contributed by atoms with Crippen molar-refractivity contribution in [3.8, 4) is 0 Å². The number of hydrogen-bond donors (Lipinski definition) is 2. The first-order valence-electron chi connectivity index (χ1n) is 6.70. The summed E-state index contributed by atoms with van der Waals surface area (Å²) in [4.78, 5) is 11.9. The lowest BCUT2D eigenvalue weighted by Gasteiger charge is -2.12. The second-order valence-corrected chi connectivity index (χ2v) is 6.66. The SMILES string of the molecule is CNS(=O)(=O)c1ccc(CCC(=O)N[C@@H](C)COC)cc1. The third-order valence-electron chi connectivity index (χ3n) is 2.97. The molecule has 2 N–H and O–H groups in total. The lowest BCUT2D eigenvalue weighted by molar-refractivity contribution is -0.122. The molecule has 6 nitrogen and oxygen atoms in total. The monoisotopic (exact) mass is 314 g/mol. The Morgan fingerprint density at radius 2 is 1.90 bits per heavy atom. The molecule has 0 aromatic heterocycles. The number of aryl methyl sites for hydroxylation is 1. The first-order chi connectivity index (χ1) is 9.89. The van der Waals surface area contributed by atoms with Crippen LogP contribution in [0.3, 0.4) is 0 Å². The Hall–Kier alpha value is -1.44. The molecule has 0 saturated carbocycles. The van der Waals surface area contributed by atoms with E-state index in [1.165, 1.54) is 19.2 Å². The third kappa shape index (κ3) is 5.82. The largest absolute Gasteiger partial charge is 0.383 e. The van der Waals surface area contributed by atoms with Crippen LogP contribution in [0.1, 0.15) is 18.9 Å². The van der Waals surface area contributed by atoms with Crippen molar-refractivity contribution in [1.29, 1.82) is 0 Å². The number of benzene rings is 1. The molecule has 0 bridgehead atoms. The first-order valence-corrected chi connectivity index (χ1v) is 8.18. The van der Waals surface area contributed by atoms with Gasteiger partial charge in [-0.05, 0) is 38.1 Å². The number of carbonyl (C=O) groups excluding carboxylic acids is 1. The molecule has 0 spiro atoms. The molecular formula is C14H22N2O4S. The van der Waals surface area contributed by atoms with E-state index in [9.17, 15) is 13.2 Å². The van der Waals surface area contributed by atoms with E-state index < -0.39 is 10.0 Å². The fourth-order valence-electron chi connectivity index (χ4n) is 1.85. The highest BCUT2D eigenvalue weighted by molar-refractivity contribution is 7.89. The number of nitrogens with one attached hydrogen (secondary N) is 2. The van der Waals surface area contributed by atoms with Gasteiger partial charge >= 0.3 is 0 Å². The molecule has 0 aliphatic rings. The minimum absolute atomic E-state index is 0.0225. The molecular weight excluding hydrogens is 292 g/mol. The molecule has 0 aliphatic heterocycles. The van der Waals surface area contributed by atoms with Gasteiger partial charge in [0.1, 0.15) is 0 Å². The Bertz CT molecular complexity index is 555. The van der Waals surface area contributed by atoms with Gasteiger partial charge in [0.25, 0.3) is 0 Å². The zero-order valence-corrected chi connectivity index (χ0v) is 13.4. The molecule has 0 heterocycles. The second-order valence-electron chi connectivity index (χ2n) is 4.78. The molecule has 7 heteroatoms. The topological polar surface area (TPSA) is 84.5 Å². The van der Waals surface area contributed by atoms with Gasteiger partial charge in [0, 0.05) is 19.6 Å². The van der Waals surface area contributed by atoms with Crippen LogP contribution in [0.4, 0.5) is 0 Å². The van der Waals surface area contributed by atoms with Gasteiger partial charge in [-0.2, -0.15) is 0 Å². The predicted octanol–water partition coefficient (Wildman–Crippen LogP) is 0.678. The Morgan fingerprint density at radius 1 is 1.29 bits per heavy atom. The van der Waals surface area contributed by atoms with Crippen molar-refractivity contribution in [3.63, 3.8) is 0 Å². The van der Waals surface area contributed by atoms with Gasteiger partial charge in [0.15, 0.2) is 0 Å². The van der Waals surface area contributed by atoms with Crippen molar-refractivity contribution in [2.45, 2.75) is 30.7 Å². The molecule has 0 radical (unpaired) electrons. The predicted molar refractivity (Wildman–Crippen MR) is 80.5 cm³/mol. The number of rotatable bonds is 8. The summed E-state index contributed by atoms with van der Waals surface area (Å²) in [6.45, 7) is 2.35. The lowest BCUT2D eigenvalue weighted by Crippen LogP contribution is -2.35. The van der Waals surface area contributed by atoms with Crippen molar-refractivity contribution in [2.75, 3.05) is 20.8 Å². The van der Waals surface area contributed by atoms with Crippen LogP contribution < -0.4 is 10.0 Å². The molecule has 0 fully saturated rings. The normalized spacial score (nSPS) is 12.9. The summed E-state index contributed by atoms with van der Waals surface area (Å²) in [5, 5.41) is 2.83. The molecule has 21 heavy (non-hydrogen) atoms. The summed E-state index contributed by atoms with van der Waals surface area (Å²) in [7, 11) is -0.455. The summed E-state index contributed by atoms with van der Waals surface area (Å²) in [6, 6.07) is 6.48. The maximum Gasteiger partial charge on any atom is 0.240 e. The van der Waals surface area contributed by atoms with Crippen LogP contribution in [0, 0.1) is 0 Å². The highest BCUT2D eigenvalue weighted by atomic mass is 32.2. The van der Waals surface area contributed by atoms with E-state index in [4.69, 9.17) is 4.74 Å². The number of hydrogen-bond acceptors (Lipinski definition) is 4. The quantitative estimate of drug-likeness (QED) is 0.739. The Morgan fingerprint density at radius 3 is 2.43 bits per heavy atom. The minimum Gasteiger partial charge on any atom is -0.383 e. The van der Waals surface area contributed by atoms with E-state index >= 15 is 0 Å². The summed E-state index contributed by atoms with van der Waals surface area (Å²) in [6.07, 6.45) is 0.914. The van der Waals surface area contributed by atoms with Crippen molar-refractivity contribution >= 4 is 15.9 Å². The van der Waals surface area contributed by atoms with Crippen molar-refractivity contribution < 1.29 is 17.9 Å². The van der Waals surface area contributed by atoms with Crippen LogP contribution in [0.5, 0.6) is 0 Å². The smallest absolute Gasteiger partial charge is 0.240 e. The molecule has 0 unspecified atom stereocenters. The highest BCUT2D eigenvalue weighted by Gasteiger charge is 2.11. The third-order valence-corrected chi connectivity index (χ3v) is 4.40. The van der Waals surface area contributed by atoms with Crippen molar-refractivity contribution in [3.05, 3.63) is 29.8 Å². The van der Waals surface area contributed by atoms with Crippen molar-refractivity contribution in [2.24, 2.45) is 0 Å². The standard InChI is InChI=1S/C14H22N2O4S/c1-11(10-20-3)16-14(17)9-6-12-4-7-13(8-5-12)21(18,19)15-2/h4-5,7-8,11,15H,6,9-10H2,1-3H3,(H,16,17)/t11-/m0/s1. The average Bonchev–Trinajstić information content (AvgIpc) is 2.45. The summed E-state index contributed by atoms with van der Waals surface area (Å²) in [5.74, 6) is -0.0496. The van der Waals surface area contributed by atoms with Crippen LogP contribution in [0.25, 0.3) is 0 Å². The molecule has 1 amide bonds. The maximum atomic E-state index is 11.7. The van der Waals surface area contributed by atoms with Crippen LogP contribution in [0.15, 0.2) is 29.2 Å². The Labute approximate surface area is 125 Å². The molecule has 1 aromatic rings. The van der Waals surface area contributed by atoms with Gasteiger partial charge in [0.05, 0.1) is 11.5 Å². The van der Waals surface area contributed by atoms with Gasteiger partial charge in [-0.3, -0.25) is 4.79 Å². The van der Waals surface area contributed by atoms with Gasteiger partial charge < -0.3 is 10.1 Å². The zero-order valence-electron chi connectivity index (χ0n) is 12.5. The zero-order chi connectivity index (χ0) is 15.9. The van der Waals surface area contributed by atoms with Crippen LogP contribution in [0.2, 0.25) is 0 Å². The van der Waals surface area contributed by atoms with E-state index in [2.05, 4.69) is 10.0 Å². The fraction of sp³-hybridized carbons (Fsp3) is 0.500. The minimum atomic E-state index is -3.41. The van der Waals surface area contributed by atoms with Crippen molar-refractivity contribution in [1.82, 2.24) is 10.0 Å². The highest BCUT2D eigenvalue weighted by Crippen LogP contribution is 2.11. The summed E-state index contributed by atoms with van der Waals surface area (Å²) < 4.78 is 30.4. The molecule has 118 valence electrons. The van der Waals surface area contributed by atoms with Gasteiger partial charge in [0.2, 0.25) is 15.9 Å². The van der Waals surface area contributed by atoms with Crippen LogP contribution in [-0.4, -0.2) is 41.1 Å². The Kier molecular flexibility index (Phi) is 6.80. The van der Waals surface area contributed by atoms with Gasteiger partial charge in [-0.25, -0.2) is 13.1 Å². The number of amides is 1. The molecule has 0 aliphatic carbocycles. The summed E-state index contributed by atoms with van der Waals surface area (Å²) >= 11 is 0. The van der Waals surface area contributed by atoms with E-state index in [-0.39, 0.29) is 16.8 Å². The van der Waals surface area contributed by atoms with Gasteiger partial charge in [-0.15, -0.1) is 0 Å². The molecule has 1 rings (SSSR count).